The predicted molar refractivity (Wildman–Crippen MR) is 113 cm³/mol. The second-order valence-electron chi connectivity index (χ2n) is 8.19. The normalized spacial score (nSPS) is 23.7. The highest BCUT2D eigenvalue weighted by Gasteiger charge is 2.34. The molecule has 0 spiro atoms. The van der Waals surface area contributed by atoms with Crippen molar-refractivity contribution in [3.8, 4) is 5.75 Å². The fourth-order valence-corrected chi connectivity index (χ4v) is 4.38. The summed E-state index contributed by atoms with van der Waals surface area (Å²) in [7, 11) is 1.71. The van der Waals surface area contributed by atoms with Crippen LogP contribution in [0.1, 0.15) is 52.6 Å². The SMILES string of the molecule is COc1cccc(C2CC(N[C@@H]3CCN(c4nc(C(N)=O)nc(C)c4C)C3)C2)c1. The van der Waals surface area contributed by atoms with Gasteiger partial charge in [-0.25, -0.2) is 9.97 Å². The number of nitrogens with zero attached hydrogens (tertiary/aromatic N) is 3. The Bertz CT molecular complexity index is 910. The van der Waals surface area contributed by atoms with Gasteiger partial charge in [-0.1, -0.05) is 12.1 Å². The summed E-state index contributed by atoms with van der Waals surface area (Å²) in [5, 5.41) is 3.81. The Kier molecular flexibility index (Phi) is 5.41. The maximum Gasteiger partial charge on any atom is 0.286 e. The standard InChI is InChI=1S/C22H29N5O2/c1-13-14(2)24-21(20(23)28)26-22(13)27-8-7-17(12-27)25-18-9-16(10-18)15-5-4-6-19(11-15)29-3/h4-6,11,16-18,25H,7-10,12H2,1-3H3,(H2,23,28)/t16?,17-,18?/m1/s1. The zero-order valence-corrected chi connectivity index (χ0v) is 17.3. The van der Waals surface area contributed by atoms with Crippen LogP contribution in [0, 0.1) is 13.8 Å². The molecule has 154 valence electrons. The third kappa shape index (κ3) is 4.05. The Morgan fingerprint density at radius 1 is 1.24 bits per heavy atom. The first-order valence-electron chi connectivity index (χ1n) is 10.2. The molecule has 1 aliphatic heterocycles. The smallest absolute Gasteiger partial charge is 0.286 e. The Labute approximate surface area is 171 Å². The van der Waals surface area contributed by atoms with Gasteiger partial charge < -0.3 is 20.7 Å². The number of carbonyl (C=O) groups is 1. The summed E-state index contributed by atoms with van der Waals surface area (Å²) in [6, 6.07) is 9.37. The highest BCUT2D eigenvalue weighted by Crippen LogP contribution is 2.38. The first kappa shape index (κ1) is 19.6. The topological polar surface area (TPSA) is 93.4 Å². The number of benzene rings is 1. The maximum absolute atomic E-state index is 11.5. The van der Waals surface area contributed by atoms with Gasteiger partial charge in [0, 0.05) is 36.4 Å². The van der Waals surface area contributed by atoms with E-state index in [4.69, 9.17) is 10.5 Å². The zero-order chi connectivity index (χ0) is 20.5. The fourth-order valence-electron chi connectivity index (χ4n) is 4.38. The van der Waals surface area contributed by atoms with E-state index in [1.807, 2.05) is 19.9 Å². The van der Waals surface area contributed by atoms with Gasteiger partial charge in [0.2, 0.25) is 5.82 Å². The summed E-state index contributed by atoms with van der Waals surface area (Å²) in [4.78, 5) is 22.4. The lowest BCUT2D eigenvalue weighted by Gasteiger charge is -2.38. The first-order chi connectivity index (χ1) is 13.9. The molecule has 1 atom stereocenters. The lowest BCUT2D eigenvalue weighted by molar-refractivity contribution is 0.0990. The van der Waals surface area contributed by atoms with Crippen LogP contribution in [0.5, 0.6) is 5.75 Å². The molecule has 4 rings (SSSR count). The van der Waals surface area contributed by atoms with Crippen molar-refractivity contribution in [2.24, 2.45) is 5.73 Å². The van der Waals surface area contributed by atoms with Crippen molar-refractivity contribution in [2.45, 2.75) is 51.1 Å². The van der Waals surface area contributed by atoms with E-state index in [0.717, 1.165) is 55.2 Å². The number of primary amides is 1. The Morgan fingerprint density at radius 2 is 2.03 bits per heavy atom. The molecule has 2 aromatic rings. The molecule has 1 amide bonds. The second kappa shape index (κ2) is 7.99. The third-order valence-electron chi connectivity index (χ3n) is 6.25. The number of ether oxygens (including phenoxy) is 1. The quantitative estimate of drug-likeness (QED) is 0.780. The van der Waals surface area contributed by atoms with Crippen molar-refractivity contribution in [2.75, 3.05) is 25.1 Å². The fraction of sp³-hybridized carbons (Fsp3) is 0.500. The van der Waals surface area contributed by atoms with Crippen LogP contribution in [0.4, 0.5) is 5.82 Å². The summed E-state index contributed by atoms with van der Waals surface area (Å²) in [5.74, 6) is 1.88. The Morgan fingerprint density at radius 3 is 2.76 bits per heavy atom. The number of anilines is 1. The molecule has 1 aliphatic carbocycles. The third-order valence-corrected chi connectivity index (χ3v) is 6.25. The number of hydrogen-bond donors (Lipinski definition) is 2. The number of aryl methyl sites for hydroxylation is 1. The van der Waals surface area contributed by atoms with Crippen LogP contribution >= 0.6 is 0 Å². The van der Waals surface area contributed by atoms with E-state index < -0.39 is 5.91 Å². The van der Waals surface area contributed by atoms with Crippen molar-refractivity contribution >= 4 is 11.7 Å². The minimum Gasteiger partial charge on any atom is -0.497 e. The molecule has 3 N–H and O–H groups in total. The molecule has 1 saturated carbocycles. The highest BCUT2D eigenvalue weighted by molar-refractivity contribution is 5.89. The van der Waals surface area contributed by atoms with Gasteiger partial charge in [0.15, 0.2) is 0 Å². The monoisotopic (exact) mass is 395 g/mol. The molecule has 2 fully saturated rings. The molecule has 0 radical (unpaired) electrons. The number of aromatic nitrogens is 2. The molecule has 2 aliphatic rings. The second-order valence-corrected chi connectivity index (χ2v) is 8.19. The number of methoxy groups -OCH3 is 1. The lowest BCUT2D eigenvalue weighted by Crippen LogP contribution is -2.46. The van der Waals surface area contributed by atoms with E-state index in [1.165, 1.54) is 5.56 Å². The molecular formula is C22H29N5O2. The van der Waals surface area contributed by atoms with Crippen LogP contribution in [0.25, 0.3) is 0 Å². The van der Waals surface area contributed by atoms with E-state index in [2.05, 4.69) is 38.4 Å². The van der Waals surface area contributed by atoms with Crippen LogP contribution < -0.4 is 20.7 Å². The largest absolute Gasteiger partial charge is 0.497 e. The average Bonchev–Trinajstić information content (AvgIpc) is 3.14. The molecule has 7 nitrogen and oxygen atoms in total. The predicted octanol–water partition coefficient (Wildman–Crippen LogP) is 2.32. The van der Waals surface area contributed by atoms with Crippen LogP contribution in [0.2, 0.25) is 0 Å². The number of rotatable bonds is 6. The minimum atomic E-state index is -0.582. The summed E-state index contributed by atoms with van der Waals surface area (Å²) < 4.78 is 5.34. The molecule has 1 aromatic heterocycles. The Balaban J connectivity index is 1.34. The van der Waals surface area contributed by atoms with Gasteiger partial charge in [-0.2, -0.15) is 0 Å². The van der Waals surface area contributed by atoms with Gasteiger partial charge in [0.1, 0.15) is 11.6 Å². The summed E-state index contributed by atoms with van der Waals surface area (Å²) in [6.45, 7) is 5.70. The van der Waals surface area contributed by atoms with Crippen LogP contribution in [-0.4, -0.2) is 48.2 Å². The number of amides is 1. The molecule has 29 heavy (non-hydrogen) atoms. The van der Waals surface area contributed by atoms with E-state index in [9.17, 15) is 4.79 Å². The molecular weight excluding hydrogens is 366 g/mol. The van der Waals surface area contributed by atoms with Crippen molar-refractivity contribution in [3.05, 3.63) is 46.9 Å². The molecule has 1 aromatic carbocycles. The summed E-state index contributed by atoms with van der Waals surface area (Å²) >= 11 is 0. The van der Waals surface area contributed by atoms with E-state index in [-0.39, 0.29) is 5.82 Å². The van der Waals surface area contributed by atoms with Crippen molar-refractivity contribution < 1.29 is 9.53 Å². The van der Waals surface area contributed by atoms with Gasteiger partial charge >= 0.3 is 0 Å². The zero-order valence-electron chi connectivity index (χ0n) is 17.3. The molecule has 7 heteroatoms. The van der Waals surface area contributed by atoms with Crippen molar-refractivity contribution in [3.63, 3.8) is 0 Å². The molecule has 0 bridgehead atoms. The van der Waals surface area contributed by atoms with Gasteiger partial charge in [0.25, 0.3) is 5.91 Å². The number of nitrogens with one attached hydrogen (secondary N) is 1. The van der Waals surface area contributed by atoms with Crippen molar-refractivity contribution in [1.82, 2.24) is 15.3 Å². The average molecular weight is 396 g/mol. The highest BCUT2D eigenvalue weighted by atomic mass is 16.5. The van der Waals surface area contributed by atoms with E-state index in [0.29, 0.717) is 18.0 Å². The summed E-state index contributed by atoms with van der Waals surface area (Å²) in [6.07, 6.45) is 3.37. The van der Waals surface area contributed by atoms with Crippen LogP contribution in [0.3, 0.4) is 0 Å². The first-order valence-corrected chi connectivity index (χ1v) is 10.2. The van der Waals surface area contributed by atoms with Gasteiger partial charge in [-0.3, -0.25) is 4.79 Å². The van der Waals surface area contributed by atoms with Gasteiger partial charge in [0.05, 0.1) is 7.11 Å². The number of carbonyl (C=O) groups excluding carboxylic acids is 1. The maximum atomic E-state index is 11.5. The molecule has 2 heterocycles. The van der Waals surface area contributed by atoms with Crippen LogP contribution in [-0.2, 0) is 0 Å². The Hall–Kier alpha value is -2.67. The lowest BCUT2D eigenvalue weighted by atomic mass is 9.75. The van der Waals surface area contributed by atoms with Crippen molar-refractivity contribution in [1.29, 1.82) is 0 Å². The minimum absolute atomic E-state index is 0.0969. The van der Waals surface area contributed by atoms with Crippen LogP contribution in [0.15, 0.2) is 24.3 Å². The molecule has 1 saturated heterocycles. The van der Waals surface area contributed by atoms with E-state index >= 15 is 0 Å². The van der Waals surface area contributed by atoms with Gasteiger partial charge in [-0.05, 0) is 56.7 Å². The number of hydrogen-bond acceptors (Lipinski definition) is 6. The summed E-state index contributed by atoms with van der Waals surface area (Å²) in [5.41, 5.74) is 8.58. The van der Waals surface area contributed by atoms with E-state index in [1.54, 1.807) is 7.11 Å². The molecule has 0 unspecified atom stereocenters. The van der Waals surface area contributed by atoms with Gasteiger partial charge in [-0.15, -0.1) is 0 Å². The number of nitrogens with two attached hydrogens (primary N) is 1.